The third-order valence-electron chi connectivity index (χ3n) is 3.69. The molecule has 1 saturated heterocycles. The average Bonchev–Trinajstić information content (AvgIpc) is 2.76. The molecule has 1 aromatic carbocycles. The number of hydrogen-bond acceptors (Lipinski definition) is 3. The fourth-order valence-electron chi connectivity index (χ4n) is 2.47. The predicted molar refractivity (Wildman–Crippen MR) is 81.9 cm³/mol. The third-order valence-corrected chi connectivity index (χ3v) is 3.69. The Balaban J connectivity index is 1.67. The average molecular weight is 286 g/mol. The number of urea groups is 1. The molecule has 0 radical (unpaired) electrons. The number of hydrogen-bond donors (Lipinski definition) is 3. The summed E-state index contributed by atoms with van der Waals surface area (Å²) in [5, 5.41) is 18.0. The van der Waals surface area contributed by atoms with E-state index in [0.29, 0.717) is 12.1 Å². The summed E-state index contributed by atoms with van der Waals surface area (Å²) in [5.74, 6) is 0. The first kappa shape index (κ1) is 15.3. The molecule has 0 aromatic heterocycles. The van der Waals surface area contributed by atoms with E-state index in [4.69, 9.17) is 5.26 Å². The Morgan fingerprint density at radius 3 is 2.86 bits per heavy atom. The molecule has 0 spiro atoms. The highest BCUT2D eigenvalue weighted by atomic mass is 16.2. The van der Waals surface area contributed by atoms with Crippen LogP contribution in [0.2, 0.25) is 0 Å². The van der Waals surface area contributed by atoms with Crippen molar-refractivity contribution in [1.29, 1.82) is 5.26 Å². The van der Waals surface area contributed by atoms with E-state index in [-0.39, 0.29) is 12.1 Å². The van der Waals surface area contributed by atoms with Crippen LogP contribution < -0.4 is 16.0 Å². The second kappa shape index (κ2) is 8.28. The van der Waals surface area contributed by atoms with Crippen molar-refractivity contribution in [2.24, 2.45) is 0 Å². The smallest absolute Gasteiger partial charge is 0.315 e. The highest BCUT2D eigenvalue weighted by Gasteiger charge is 2.13. The lowest BCUT2D eigenvalue weighted by Crippen LogP contribution is -2.43. The molecule has 1 fully saturated rings. The number of nitrogens with zero attached hydrogens (tertiary/aromatic N) is 1. The second-order valence-electron chi connectivity index (χ2n) is 5.34. The number of rotatable bonds is 4. The van der Waals surface area contributed by atoms with Crippen molar-refractivity contribution in [3.63, 3.8) is 0 Å². The molecular formula is C16H22N4O. The zero-order valence-corrected chi connectivity index (χ0v) is 12.2. The summed E-state index contributed by atoms with van der Waals surface area (Å²) in [7, 11) is 0. The van der Waals surface area contributed by atoms with Gasteiger partial charge >= 0.3 is 6.03 Å². The van der Waals surface area contributed by atoms with Crippen LogP contribution in [0, 0.1) is 11.3 Å². The lowest BCUT2D eigenvalue weighted by atomic mass is 10.1. The van der Waals surface area contributed by atoms with Crippen LogP contribution in [0.25, 0.3) is 0 Å². The molecule has 1 atom stereocenters. The van der Waals surface area contributed by atoms with Crippen molar-refractivity contribution in [1.82, 2.24) is 16.0 Å². The summed E-state index contributed by atoms with van der Waals surface area (Å²) in [5.41, 5.74) is 1.78. The van der Waals surface area contributed by atoms with E-state index in [9.17, 15) is 4.79 Å². The molecule has 1 heterocycles. The van der Waals surface area contributed by atoms with Crippen molar-refractivity contribution in [2.75, 3.05) is 19.6 Å². The minimum atomic E-state index is -0.0875. The standard InChI is InChI=1S/C16H22N4O/c17-12-14-5-3-13(4-6-14)7-11-19-16(21)20-15-2-1-9-18-10-8-15/h3-6,15,18H,1-2,7-11H2,(H2,19,20,21). The number of carbonyl (C=O) groups excluding carboxylic acids is 1. The van der Waals surface area contributed by atoms with Gasteiger partial charge in [-0.25, -0.2) is 4.79 Å². The summed E-state index contributed by atoms with van der Waals surface area (Å²) >= 11 is 0. The van der Waals surface area contributed by atoms with Crippen LogP contribution >= 0.6 is 0 Å². The van der Waals surface area contributed by atoms with Crippen LogP contribution in [0.4, 0.5) is 4.79 Å². The van der Waals surface area contributed by atoms with E-state index < -0.39 is 0 Å². The van der Waals surface area contributed by atoms with E-state index in [1.807, 2.05) is 12.1 Å². The molecule has 1 aromatic rings. The molecule has 21 heavy (non-hydrogen) atoms. The molecular weight excluding hydrogens is 264 g/mol. The molecule has 0 aliphatic carbocycles. The summed E-state index contributed by atoms with van der Waals surface area (Å²) in [6.45, 7) is 2.61. The predicted octanol–water partition coefficient (Wildman–Crippen LogP) is 1.54. The van der Waals surface area contributed by atoms with Gasteiger partial charge in [-0.15, -0.1) is 0 Å². The van der Waals surface area contributed by atoms with Gasteiger partial charge in [0.1, 0.15) is 0 Å². The van der Waals surface area contributed by atoms with E-state index in [1.54, 1.807) is 12.1 Å². The Morgan fingerprint density at radius 1 is 1.29 bits per heavy atom. The van der Waals surface area contributed by atoms with Crippen LogP contribution in [0.1, 0.15) is 30.4 Å². The summed E-state index contributed by atoms with van der Waals surface area (Å²) in [6.07, 6.45) is 3.90. The largest absolute Gasteiger partial charge is 0.338 e. The lowest BCUT2D eigenvalue weighted by molar-refractivity contribution is 0.236. The van der Waals surface area contributed by atoms with Gasteiger partial charge in [0.2, 0.25) is 0 Å². The van der Waals surface area contributed by atoms with E-state index >= 15 is 0 Å². The molecule has 1 aliphatic heterocycles. The van der Waals surface area contributed by atoms with Gasteiger partial charge < -0.3 is 16.0 Å². The van der Waals surface area contributed by atoms with Gasteiger partial charge in [0.15, 0.2) is 0 Å². The highest BCUT2D eigenvalue weighted by Crippen LogP contribution is 2.05. The van der Waals surface area contributed by atoms with Gasteiger partial charge in [-0.3, -0.25) is 0 Å². The molecule has 5 heteroatoms. The van der Waals surface area contributed by atoms with E-state index in [1.165, 1.54) is 0 Å². The summed E-state index contributed by atoms with van der Waals surface area (Å²) in [4.78, 5) is 11.8. The Morgan fingerprint density at radius 2 is 2.10 bits per heavy atom. The maximum absolute atomic E-state index is 11.8. The SMILES string of the molecule is N#Cc1ccc(CCNC(=O)NC2CCCNCC2)cc1. The molecule has 5 nitrogen and oxygen atoms in total. The van der Waals surface area contributed by atoms with Crippen molar-refractivity contribution in [3.8, 4) is 6.07 Å². The first-order valence-electron chi connectivity index (χ1n) is 7.52. The Bertz CT molecular complexity index is 484. The molecule has 0 bridgehead atoms. The quantitative estimate of drug-likeness (QED) is 0.786. The fraction of sp³-hybridized carbons (Fsp3) is 0.500. The lowest BCUT2D eigenvalue weighted by Gasteiger charge is -2.16. The second-order valence-corrected chi connectivity index (χ2v) is 5.34. The van der Waals surface area contributed by atoms with Gasteiger partial charge in [-0.05, 0) is 56.5 Å². The minimum absolute atomic E-state index is 0.0875. The first-order valence-corrected chi connectivity index (χ1v) is 7.52. The van der Waals surface area contributed by atoms with Gasteiger partial charge in [-0.1, -0.05) is 12.1 Å². The molecule has 0 saturated carbocycles. The number of benzene rings is 1. The third kappa shape index (κ3) is 5.44. The zero-order chi connectivity index (χ0) is 14.9. The summed E-state index contributed by atoms with van der Waals surface area (Å²) < 4.78 is 0. The highest BCUT2D eigenvalue weighted by molar-refractivity contribution is 5.74. The van der Waals surface area contributed by atoms with Crippen molar-refractivity contribution >= 4 is 6.03 Å². The minimum Gasteiger partial charge on any atom is -0.338 e. The molecule has 1 aliphatic rings. The number of amides is 2. The van der Waals surface area contributed by atoms with Crippen LogP contribution in [0.3, 0.4) is 0 Å². The molecule has 2 amide bonds. The number of carbonyl (C=O) groups is 1. The maximum Gasteiger partial charge on any atom is 0.315 e. The zero-order valence-electron chi connectivity index (χ0n) is 12.2. The van der Waals surface area contributed by atoms with Gasteiger partial charge in [-0.2, -0.15) is 5.26 Å². The van der Waals surface area contributed by atoms with Gasteiger partial charge in [0.05, 0.1) is 11.6 Å². The van der Waals surface area contributed by atoms with Crippen LogP contribution in [0.15, 0.2) is 24.3 Å². The molecule has 3 N–H and O–H groups in total. The normalized spacial score (nSPS) is 18.3. The van der Waals surface area contributed by atoms with Gasteiger partial charge in [0.25, 0.3) is 0 Å². The molecule has 1 unspecified atom stereocenters. The maximum atomic E-state index is 11.8. The Labute approximate surface area is 125 Å². The molecule has 112 valence electrons. The number of nitrogens with one attached hydrogen (secondary N) is 3. The summed E-state index contributed by atoms with van der Waals surface area (Å²) in [6, 6.07) is 9.73. The van der Waals surface area contributed by atoms with E-state index in [0.717, 1.165) is 44.3 Å². The Hall–Kier alpha value is -2.06. The van der Waals surface area contributed by atoms with Crippen LogP contribution in [-0.2, 0) is 6.42 Å². The van der Waals surface area contributed by atoms with Crippen molar-refractivity contribution in [2.45, 2.75) is 31.7 Å². The monoisotopic (exact) mass is 286 g/mol. The molecule has 2 rings (SSSR count). The van der Waals surface area contributed by atoms with Crippen LogP contribution in [-0.4, -0.2) is 31.7 Å². The van der Waals surface area contributed by atoms with E-state index in [2.05, 4.69) is 22.0 Å². The Kier molecular flexibility index (Phi) is 6.04. The van der Waals surface area contributed by atoms with Crippen molar-refractivity contribution < 1.29 is 4.79 Å². The van der Waals surface area contributed by atoms with Crippen LogP contribution in [0.5, 0.6) is 0 Å². The van der Waals surface area contributed by atoms with Crippen molar-refractivity contribution in [3.05, 3.63) is 35.4 Å². The number of nitriles is 1. The fourth-order valence-corrected chi connectivity index (χ4v) is 2.47. The first-order chi connectivity index (χ1) is 10.3. The van der Waals surface area contributed by atoms with Gasteiger partial charge in [0, 0.05) is 12.6 Å². The topological polar surface area (TPSA) is 77.0 Å².